The van der Waals surface area contributed by atoms with Crippen LogP contribution in [0.1, 0.15) is 12.1 Å². The summed E-state index contributed by atoms with van der Waals surface area (Å²) in [6.07, 6.45) is 0.687. The van der Waals surface area contributed by atoms with Crippen molar-refractivity contribution in [1.29, 1.82) is 0 Å². The van der Waals surface area contributed by atoms with Crippen LogP contribution in [0.4, 0.5) is 0 Å². The molecule has 17 heavy (non-hydrogen) atoms. The van der Waals surface area contributed by atoms with Gasteiger partial charge in [-0.1, -0.05) is 28.1 Å². The number of aliphatic carboxylic acids is 1. The molecule has 4 heteroatoms. The maximum absolute atomic E-state index is 10.5. The summed E-state index contributed by atoms with van der Waals surface area (Å²) in [6, 6.07) is 11.9. The fourth-order valence-corrected chi connectivity index (χ4v) is 1.89. The molecule has 1 heterocycles. The average molecular weight is 294 g/mol. The van der Waals surface area contributed by atoms with E-state index in [0.717, 1.165) is 21.4 Å². The zero-order valence-corrected chi connectivity index (χ0v) is 10.7. The highest BCUT2D eigenvalue weighted by Gasteiger charge is 2.03. The Morgan fingerprint density at radius 2 is 1.88 bits per heavy atom. The van der Waals surface area contributed by atoms with Gasteiger partial charge in [0.15, 0.2) is 0 Å². The predicted molar refractivity (Wildman–Crippen MR) is 69.9 cm³/mol. The van der Waals surface area contributed by atoms with Crippen LogP contribution in [0.25, 0.3) is 11.3 Å². The molecule has 0 fully saturated rings. The summed E-state index contributed by atoms with van der Waals surface area (Å²) < 4.78 is 1.04. The molecular formula is C13H12BrNO2. The largest absolute Gasteiger partial charge is 0.481 e. The number of aromatic amines is 1. The topological polar surface area (TPSA) is 53.1 Å². The van der Waals surface area contributed by atoms with Crippen molar-refractivity contribution in [2.45, 2.75) is 12.8 Å². The van der Waals surface area contributed by atoms with E-state index in [1.165, 1.54) is 0 Å². The number of rotatable bonds is 4. The van der Waals surface area contributed by atoms with E-state index in [9.17, 15) is 4.79 Å². The summed E-state index contributed by atoms with van der Waals surface area (Å²) in [7, 11) is 0. The van der Waals surface area contributed by atoms with Gasteiger partial charge < -0.3 is 10.1 Å². The number of aryl methyl sites for hydroxylation is 1. The molecule has 0 spiro atoms. The van der Waals surface area contributed by atoms with Gasteiger partial charge in [-0.15, -0.1) is 0 Å². The molecular weight excluding hydrogens is 282 g/mol. The second-order valence-electron chi connectivity index (χ2n) is 3.80. The summed E-state index contributed by atoms with van der Waals surface area (Å²) >= 11 is 3.39. The first-order valence-corrected chi connectivity index (χ1v) is 6.10. The number of nitrogens with one attached hydrogen (secondary N) is 1. The first-order chi connectivity index (χ1) is 8.15. The quantitative estimate of drug-likeness (QED) is 0.907. The van der Waals surface area contributed by atoms with E-state index in [0.29, 0.717) is 6.42 Å². The minimum absolute atomic E-state index is 0.153. The Balaban J connectivity index is 2.12. The van der Waals surface area contributed by atoms with Gasteiger partial charge in [-0.3, -0.25) is 4.79 Å². The molecule has 3 nitrogen and oxygen atoms in total. The van der Waals surface area contributed by atoms with Gasteiger partial charge in [0.1, 0.15) is 0 Å². The normalized spacial score (nSPS) is 10.4. The molecule has 0 saturated carbocycles. The summed E-state index contributed by atoms with van der Waals surface area (Å²) in [4.78, 5) is 13.7. The van der Waals surface area contributed by atoms with Gasteiger partial charge in [0.2, 0.25) is 0 Å². The van der Waals surface area contributed by atoms with E-state index in [2.05, 4.69) is 20.9 Å². The fraction of sp³-hybridized carbons (Fsp3) is 0.154. The van der Waals surface area contributed by atoms with Crippen molar-refractivity contribution >= 4 is 21.9 Å². The number of halogens is 1. The van der Waals surface area contributed by atoms with Crippen LogP contribution in [0.15, 0.2) is 40.9 Å². The molecule has 0 atom stereocenters. The van der Waals surface area contributed by atoms with Gasteiger partial charge in [-0.25, -0.2) is 0 Å². The highest BCUT2D eigenvalue weighted by Crippen LogP contribution is 2.21. The lowest BCUT2D eigenvalue weighted by Crippen LogP contribution is -1.97. The Morgan fingerprint density at radius 3 is 2.53 bits per heavy atom. The summed E-state index contributed by atoms with van der Waals surface area (Å²) in [6.45, 7) is 0. The van der Waals surface area contributed by atoms with E-state index < -0.39 is 5.97 Å². The number of carbonyl (C=O) groups is 1. The van der Waals surface area contributed by atoms with Crippen molar-refractivity contribution in [3.05, 3.63) is 46.6 Å². The number of carboxylic acid groups (broad SMARTS) is 1. The number of aromatic nitrogens is 1. The van der Waals surface area contributed by atoms with E-state index in [-0.39, 0.29) is 6.42 Å². The Hall–Kier alpha value is -1.55. The molecule has 2 N–H and O–H groups in total. The smallest absolute Gasteiger partial charge is 0.303 e. The standard InChI is InChI=1S/C13H12BrNO2/c14-10-3-1-9(2-4-10)12-7-5-11(15-12)6-8-13(16)17/h1-5,7,15H,6,8H2,(H,16,17). The molecule has 1 aromatic carbocycles. The van der Waals surface area contributed by atoms with Gasteiger partial charge in [0.05, 0.1) is 6.42 Å². The van der Waals surface area contributed by atoms with Crippen molar-refractivity contribution in [3.63, 3.8) is 0 Å². The highest BCUT2D eigenvalue weighted by molar-refractivity contribution is 9.10. The average Bonchev–Trinajstić information content (AvgIpc) is 2.76. The van der Waals surface area contributed by atoms with E-state index in [1.807, 2.05) is 36.4 Å². The van der Waals surface area contributed by atoms with Crippen LogP contribution in [0.5, 0.6) is 0 Å². The van der Waals surface area contributed by atoms with Gasteiger partial charge >= 0.3 is 5.97 Å². The highest BCUT2D eigenvalue weighted by atomic mass is 79.9. The molecule has 88 valence electrons. The van der Waals surface area contributed by atoms with E-state index >= 15 is 0 Å². The second-order valence-corrected chi connectivity index (χ2v) is 4.71. The van der Waals surface area contributed by atoms with E-state index in [1.54, 1.807) is 0 Å². The molecule has 0 unspecified atom stereocenters. The third kappa shape index (κ3) is 3.20. The lowest BCUT2D eigenvalue weighted by atomic mass is 10.2. The Bertz CT molecular complexity index is 516. The van der Waals surface area contributed by atoms with Crippen LogP contribution < -0.4 is 0 Å². The van der Waals surface area contributed by atoms with Crippen LogP contribution in [-0.2, 0) is 11.2 Å². The summed E-state index contributed by atoms with van der Waals surface area (Å²) in [5.74, 6) is -0.773. The van der Waals surface area contributed by atoms with Crippen LogP contribution in [-0.4, -0.2) is 16.1 Å². The molecule has 0 aliphatic carbocycles. The molecule has 2 aromatic rings. The Labute approximate surface area is 108 Å². The van der Waals surface area contributed by atoms with Crippen molar-refractivity contribution in [3.8, 4) is 11.3 Å². The molecule has 1 aromatic heterocycles. The second kappa shape index (κ2) is 5.19. The number of H-pyrrole nitrogens is 1. The zero-order chi connectivity index (χ0) is 12.3. The predicted octanol–water partition coefficient (Wildman–Crippen LogP) is 3.46. The molecule has 0 bridgehead atoms. The van der Waals surface area contributed by atoms with Crippen LogP contribution in [0.2, 0.25) is 0 Å². The third-order valence-corrected chi connectivity index (χ3v) is 3.04. The molecule has 0 amide bonds. The van der Waals surface area contributed by atoms with Crippen molar-refractivity contribution < 1.29 is 9.90 Å². The molecule has 0 saturated heterocycles. The number of benzene rings is 1. The van der Waals surface area contributed by atoms with Crippen LogP contribution >= 0.6 is 15.9 Å². The summed E-state index contributed by atoms with van der Waals surface area (Å²) in [5.41, 5.74) is 3.05. The lowest BCUT2D eigenvalue weighted by molar-refractivity contribution is -0.136. The first kappa shape index (κ1) is 11.9. The molecule has 0 aliphatic heterocycles. The minimum Gasteiger partial charge on any atom is -0.481 e. The third-order valence-electron chi connectivity index (χ3n) is 2.51. The number of carboxylic acids is 1. The molecule has 0 aliphatic rings. The molecule has 0 radical (unpaired) electrons. The van der Waals surface area contributed by atoms with E-state index in [4.69, 9.17) is 5.11 Å². The maximum atomic E-state index is 10.5. The Kier molecular flexibility index (Phi) is 3.64. The van der Waals surface area contributed by atoms with Gasteiger partial charge in [0, 0.05) is 15.9 Å². The zero-order valence-electron chi connectivity index (χ0n) is 9.11. The van der Waals surface area contributed by atoms with Gasteiger partial charge in [-0.05, 0) is 36.2 Å². The number of hydrogen-bond acceptors (Lipinski definition) is 1. The van der Waals surface area contributed by atoms with Gasteiger partial charge in [0.25, 0.3) is 0 Å². The van der Waals surface area contributed by atoms with Crippen molar-refractivity contribution in [2.24, 2.45) is 0 Å². The SMILES string of the molecule is O=C(O)CCc1ccc(-c2ccc(Br)cc2)[nH]1. The fourth-order valence-electron chi connectivity index (χ4n) is 1.63. The Morgan fingerprint density at radius 1 is 1.18 bits per heavy atom. The number of hydrogen-bond donors (Lipinski definition) is 2. The van der Waals surface area contributed by atoms with Crippen molar-refractivity contribution in [1.82, 2.24) is 4.98 Å². The van der Waals surface area contributed by atoms with Crippen molar-refractivity contribution in [2.75, 3.05) is 0 Å². The van der Waals surface area contributed by atoms with Gasteiger partial charge in [-0.2, -0.15) is 0 Å². The van der Waals surface area contributed by atoms with Crippen LogP contribution in [0.3, 0.4) is 0 Å². The molecule has 2 rings (SSSR count). The lowest BCUT2D eigenvalue weighted by Gasteiger charge is -1.98. The van der Waals surface area contributed by atoms with Crippen LogP contribution in [0, 0.1) is 0 Å². The minimum atomic E-state index is -0.773. The monoisotopic (exact) mass is 293 g/mol. The first-order valence-electron chi connectivity index (χ1n) is 5.31. The summed E-state index contributed by atoms with van der Waals surface area (Å²) in [5, 5.41) is 8.61. The maximum Gasteiger partial charge on any atom is 0.303 e.